The van der Waals surface area contributed by atoms with Crippen LogP contribution in [0.5, 0.6) is 0 Å². The van der Waals surface area contributed by atoms with Crippen LogP contribution in [0, 0.1) is 5.92 Å². The number of benzene rings is 2. The molecule has 1 saturated carbocycles. The average Bonchev–Trinajstić information content (AvgIpc) is 3.41. The molecule has 0 radical (unpaired) electrons. The van der Waals surface area contributed by atoms with Crippen molar-refractivity contribution in [3.8, 4) is 0 Å². The number of rotatable bonds is 7. The summed E-state index contributed by atoms with van der Waals surface area (Å²) in [5.74, 6) is -0.398. The van der Waals surface area contributed by atoms with Crippen LogP contribution in [0.15, 0.2) is 66.0 Å². The Labute approximate surface area is 219 Å². The Morgan fingerprint density at radius 3 is 2.42 bits per heavy atom. The number of halogens is 1. The molecule has 4 amide bonds. The van der Waals surface area contributed by atoms with Crippen molar-refractivity contribution in [2.24, 2.45) is 5.92 Å². The van der Waals surface area contributed by atoms with Crippen molar-refractivity contribution >= 4 is 46.5 Å². The predicted octanol–water partition coefficient (Wildman–Crippen LogP) is 5.79. The van der Waals surface area contributed by atoms with Crippen LogP contribution in [0.3, 0.4) is 0 Å². The molecule has 5 rings (SSSR count). The second-order valence-electron chi connectivity index (χ2n) is 9.37. The summed E-state index contributed by atoms with van der Waals surface area (Å²) in [6.07, 6.45) is 3.86. The van der Waals surface area contributed by atoms with Crippen molar-refractivity contribution in [1.82, 2.24) is 10.2 Å². The van der Waals surface area contributed by atoms with E-state index in [0.717, 1.165) is 41.7 Å². The van der Waals surface area contributed by atoms with Crippen molar-refractivity contribution in [3.63, 3.8) is 0 Å². The van der Waals surface area contributed by atoms with Crippen LogP contribution >= 0.6 is 22.9 Å². The third-order valence-corrected chi connectivity index (χ3v) is 8.10. The van der Waals surface area contributed by atoms with Gasteiger partial charge in [-0.3, -0.25) is 9.59 Å². The lowest BCUT2D eigenvalue weighted by molar-refractivity contribution is -0.127. The predicted molar refractivity (Wildman–Crippen MR) is 142 cm³/mol. The fraction of sp³-hybridized carbons (Fsp3) is 0.321. The number of nitrogens with one attached hydrogen (secondary N) is 1. The highest BCUT2D eigenvalue weighted by Gasteiger charge is 2.47. The van der Waals surface area contributed by atoms with Gasteiger partial charge in [0.1, 0.15) is 0 Å². The highest BCUT2D eigenvalue weighted by molar-refractivity contribution is 7.09. The van der Waals surface area contributed by atoms with Gasteiger partial charge in [-0.15, -0.1) is 11.3 Å². The van der Waals surface area contributed by atoms with E-state index in [0.29, 0.717) is 23.8 Å². The number of anilines is 1. The van der Waals surface area contributed by atoms with E-state index in [1.165, 1.54) is 4.90 Å². The first kappa shape index (κ1) is 24.5. The van der Waals surface area contributed by atoms with E-state index in [9.17, 15) is 14.4 Å². The van der Waals surface area contributed by atoms with E-state index in [1.54, 1.807) is 23.5 Å². The molecule has 8 heteroatoms. The molecule has 1 aromatic heterocycles. The van der Waals surface area contributed by atoms with E-state index < -0.39 is 0 Å². The van der Waals surface area contributed by atoms with Gasteiger partial charge >= 0.3 is 6.03 Å². The molecule has 0 bridgehead atoms. The smallest absolute Gasteiger partial charge is 0.331 e. The van der Waals surface area contributed by atoms with Crippen LogP contribution in [0.25, 0.3) is 0 Å². The number of urea groups is 1. The van der Waals surface area contributed by atoms with E-state index in [-0.39, 0.29) is 36.2 Å². The lowest BCUT2D eigenvalue weighted by Gasteiger charge is -2.46. The van der Waals surface area contributed by atoms with Crippen LogP contribution in [0.4, 0.5) is 10.5 Å². The van der Waals surface area contributed by atoms with Crippen molar-refractivity contribution in [2.75, 3.05) is 4.90 Å². The summed E-state index contributed by atoms with van der Waals surface area (Å²) < 4.78 is 0. The minimum Gasteiger partial charge on any atom is -0.351 e. The molecular formula is C28H28ClN3O3S. The molecule has 2 fully saturated rings. The molecule has 2 aromatic carbocycles. The standard InChI is InChI=1S/C28H28ClN3O3S/c29-21-11-7-20(8-12-21)18-31-25-6-2-1-5-24(25)27(34)32(28(31)35)22-13-9-19(10-14-22)16-26(33)30-17-23-4-3-15-36-23/h3-4,7-15,24-25H,1-2,5-6,16-18H2,(H,30,33). The minimum atomic E-state index is -0.292. The van der Waals surface area contributed by atoms with E-state index in [4.69, 9.17) is 11.6 Å². The number of hydrogen-bond donors (Lipinski definition) is 1. The molecule has 2 aliphatic rings. The number of nitrogens with zero attached hydrogens (tertiary/aromatic N) is 2. The molecule has 3 aromatic rings. The largest absolute Gasteiger partial charge is 0.351 e. The molecule has 186 valence electrons. The summed E-state index contributed by atoms with van der Waals surface area (Å²) in [5.41, 5.74) is 2.35. The van der Waals surface area contributed by atoms with Crippen LogP contribution in [-0.2, 0) is 29.1 Å². The van der Waals surface area contributed by atoms with E-state index >= 15 is 0 Å². The molecular weight excluding hydrogens is 494 g/mol. The topological polar surface area (TPSA) is 69.7 Å². The van der Waals surface area contributed by atoms with Gasteiger partial charge in [-0.05, 0) is 59.7 Å². The molecule has 2 unspecified atom stereocenters. The zero-order valence-corrected chi connectivity index (χ0v) is 21.4. The first-order valence-corrected chi connectivity index (χ1v) is 13.5. The van der Waals surface area contributed by atoms with Crippen molar-refractivity contribution < 1.29 is 14.4 Å². The summed E-state index contributed by atoms with van der Waals surface area (Å²) in [4.78, 5) is 43.8. The van der Waals surface area contributed by atoms with Gasteiger partial charge in [0.2, 0.25) is 11.8 Å². The summed E-state index contributed by atoms with van der Waals surface area (Å²) in [5, 5.41) is 5.56. The van der Waals surface area contributed by atoms with Crippen LogP contribution in [0.2, 0.25) is 5.02 Å². The monoisotopic (exact) mass is 521 g/mol. The molecule has 6 nitrogen and oxygen atoms in total. The average molecular weight is 522 g/mol. The Kier molecular flexibility index (Phi) is 7.39. The maximum atomic E-state index is 13.7. The maximum Gasteiger partial charge on any atom is 0.331 e. The molecule has 2 heterocycles. The Hall–Kier alpha value is -3.16. The Balaban J connectivity index is 1.31. The molecule has 36 heavy (non-hydrogen) atoms. The molecule has 1 N–H and O–H groups in total. The van der Waals surface area contributed by atoms with Gasteiger partial charge in [-0.1, -0.05) is 54.8 Å². The second-order valence-corrected chi connectivity index (χ2v) is 10.8. The van der Waals surface area contributed by atoms with Crippen molar-refractivity contribution in [1.29, 1.82) is 0 Å². The lowest BCUT2D eigenvalue weighted by atomic mass is 9.81. The normalized spacial score (nSPS) is 19.8. The van der Waals surface area contributed by atoms with Crippen molar-refractivity contribution in [3.05, 3.63) is 87.1 Å². The van der Waals surface area contributed by atoms with Gasteiger partial charge in [0.25, 0.3) is 0 Å². The summed E-state index contributed by atoms with van der Waals surface area (Å²) >= 11 is 7.65. The second kappa shape index (κ2) is 10.8. The molecule has 1 aliphatic carbocycles. The number of amides is 4. The van der Waals surface area contributed by atoms with Crippen LogP contribution in [-0.4, -0.2) is 28.8 Å². The zero-order valence-electron chi connectivity index (χ0n) is 19.9. The number of imide groups is 1. The Morgan fingerprint density at radius 1 is 0.972 bits per heavy atom. The van der Waals surface area contributed by atoms with Gasteiger partial charge in [-0.25, -0.2) is 9.69 Å². The summed E-state index contributed by atoms with van der Waals surface area (Å²) in [6, 6.07) is 18.2. The fourth-order valence-electron chi connectivity index (χ4n) is 5.12. The molecule has 1 saturated heterocycles. The van der Waals surface area contributed by atoms with Crippen LogP contribution < -0.4 is 10.2 Å². The maximum absolute atomic E-state index is 13.7. The van der Waals surface area contributed by atoms with E-state index in [1.807, 2.05) is 58.8 Å². The van der Waals surface area contributed by atoms with Gasteiger partial charge in [-0.2, -0.15) is 0 Å². The number of fused-ring (bicyclic) bond motifs is 1. The molecule has 0 spiro atoms. The number of thiophene rings is 1. The van der Waals surface area contributed by atoms with E-state index in [2.05, 4.69) is 5.32 Å². The minimum absolute atomic E-state index is 0.0690. The van der Waals surface area contributed by atoms with Gasteiger partial charge < -0.3 is 10.2 Å². The van der Waals surface area contributed by atoms with Gasteiger partial charge in [0, 0.05) is 22.5 Å². The fourth-order valence-corrected chi connectivity index (χ4v) is 5.89. The number of carbonyl (C=O) groups excluding carboxylic acids is 3. The van der Waals surface area contributed by atoms with Crippen molar-refractivity contribution in [2.45, 2.75) is 51.2 Å². The first-order chi connectivity index (χ1) is 17.5. The highest BCUT2D eigenvalue weighted by atomic mass is 35.5. The highest BCUT2D eigenvalue weighted by Crippen LogP contribution is 2.37. The zero-order chi connectivity index (χ0) is 25.1. The SMILES string of the molecule is O=C(Cc1ccc(N2C(=O)C3CCCCC3N(Cc3ccc(Cl)cc3)C2=O)cc1)NCc1cccs1. The van der Waals surface area contributed by atoms with Crippen LogP contribution in [0.1, 0.15) is 41.7 Å². The summed E-state index contributed by atoms with van der Waals surface area (Å²) in [6.45, 7) is 0.945. The molecule has 1 aliphatic heterocycles. The Morgan fingerprint density at radius 2 is 1.69 bits per heavy atom. The first-order valence-electron chi connectivity index (χ1n) is 12.3. The quantitative estimate of drug-likeness (QED) is 0.428. The van der Waals surface area contributed by atoms with Gasteiger partial charge in [0.05, 0.1) is 24.6 Å². The number of hydrogen-bond acceptors (Lipinski definition) is 4. The molecule has 2 atom stereocenters. The number of carbonyl (C=O) groups is 3. The lowest BCUT2D eigenvalue weighted by Crippen LogP contribution is -2.62. The third kappa shape index (κ3) is 5.32. The third-order valence-electron chi connectivity index (χ3n) is 6.97. The summed E-state index contributed by atoms with van der Waals surface area (Å²) in [7, 11) is 0. The van der Waals surface area contributed by atoms with Gasteiger partial charge in [0.15, 0.2) is 0 Å². The Bertz CT molecular complexity index is 1230.